The Morgan fingerprint density at radius 3 is 2.30 bits per heavy atom. The van der Waals surface area contributed by atoms with Crippen LogP contribution in [0.5, 0.6) is 11.5 Å². The molecule has 1 fully saturated rings. The number of hydrogen-bond acceptors (Lipinski definition) is 5. The van der Waals surface area contributed by atoms with E-state index < -0.39 is 24.3 Å². The van der Waals surface area contributed by atoms with Gasteiger partial charge in [0.2, 0.25) is 0 Å². The highest BCUT2D eigenvalue weighted by atomic mass is 19.1. The van der Waals surface area contributed by atoms with Crippen molar-refractivity contribution < 1.29 is 29.2 Å². The van der Waals surface area contributed by atoms with Gasteiger partial charge in [-0.3, -0.25) is 4.90 Å². The van der Waals surface area contributed by atoms with Crippen LogP contribution in [-0.4, -0.2) is 27.5 Å². The maximum atomic E-state index is 13.3. The molecular formula is C30H26FNO5. The molecule has 3 atom stereocenters. The molecule has 0 radical (unpaired) electrons. The molecule has 1 aliphatic rings. The van der Waals surface area contributed by atoms with E-state index in [1.165, 1.54) is 29.2 Å². The molecule has 1 saturated heterocycles. The number of halogens is 1. The molecule has 5 rings (SSSR count). The number of amides is 1. The maximum Gasteiger partial charge on any atom is 0.415 e. The monoisotopic (exact) mass is 499 g/mol. The van der Waals surface area contributed by atoms with E-state index in [0.29, 0.717) is 28.8 Å². The molecule has 3 N–H and O–H groups in total. The molecule has 0 saturated carbocycles. The summed E-state index contributed by atoms with van der Waals surface area (Å²) in [5.74, 6) is -0.288. The first-order valence-corrected chi connectivity index (χ1v) is 12.0. The Kier molecular flexibility index (Phi) is 6.79. The molecule has 4 aromatic rings. The summed E-state index contributed by atoms with van der Waals surface area (Å²) in [6.07, 6.45) is -1.49. The lowest BCUT2D eigenvalue weighted by Gasteiger charge is -2.26. The molecule has 1 heterocycles. The Labute approximate surface area is 213 Å². The lowest BCUT2D eigenvalue weighted by Crippen LogP contribution is -2.29. The third kappa shape index (κ3) is 5.13. The fourth-order valence-corrected chi connectivity index (χ4v) is 4.77. The average Bonchev–Trinajstić information content (AvgIpc) is 3.23. The van der Waals surface area contributed by atoms with Crippen molar-refractivity contribution in [3.8, 4) is 22.6 Å². The van der Waals surface area contributed by atoms with Crippen molar-refractivity contribution in [2.75, 3.05) is 4.90 Å². The smallest absolute Gasteiger partial charge is 0.415 e. The molecule has 37 heavy (non-hydrogen) atoms. The molecule has 6 nitrogen and oxygen atoms in total. The van der Waals surface area contributed by atoms with Gasteiger partial charge in [0.05, 0.1) is 6.10 Å². The predicted molar refractivity (Wildman–Crippen MR) is 138 cm³/mol. The van der Waals surface area contributed by atoms with Crippen LogP contribution >= 0.6 is 0 Å². The summed E-state index contributed by atoms with van der Waals surface area (Å²) in [4.78, 5) is 14.6. The minimum absolute atomic E-state index is 0.0193. The lowest BCUT2D eigenvalue weighted by atomic mass is 9.92. The zero-order chi connectivity index (χ0) is 25.9. The number of para-hydroxylation sites is 1. The minimum Gasteiger partial charge on any atom is -0.508 e. The number of carbonyl (C=O) groups excluding carboxylic acids is 1. The van der Waals surface area contributed by atoms with Crippen LogP contribution < -0.4 is 4.90 Å². The van der Waals surface area contributed by atoms with Crippen LogP contribution in [0.4, 0.5) is 14.9 Å². The number of aromatic hydroxyl groups is 2. The molecule has 188 valence electrons. The Balaban J connectivity index is 1.46. The number of hydrogen-bond donors (Lipinski definition) is 3. The van der Waals surface area contributed by atoms with Crippen molar-refractivity contribution >= 4 is 11.8 Å². The standard InChI is InChI=1S/C30H26FNO5/c31-22-12-9-19(10-13-22)26(34)15-16-28-29(32(30(36)37-28)23-6-2-1-3-7-23)25-14-11-21(18-27(25)35)20-5-4-8-24(33)17-20/h1-14,17-18,26,28-29,33-35H,15-16H2/t26-,28+,29+/m0/s1. The van der Waals surface area contributed by atoms with Gasteiger partial charge in [0, 0.05) is 11.3 Å². The third-order valence-corrected chi connectivity index (χ3v) is 6.62. The number of phenolic OH excluding ortho intramolecular Hbond substituents is 2. The number of rotatable bonds is 7. The second kappa shape index (κ2) is 10.3. The molecule has 0 bridgehead atoms. The Hall–Kier alpha value is -4.36. The summed E-state index contributed by atoms with van der Waals surface area (Å²) in [6.45, 7) is 0. The van der Waals surface area contributed by atoms with Crippen LogP contribution in [-0.2, 0) is 4.74 Å². The first-order chi connectivity index (χ1) is 17.9. The van der Waals surface area contributed by atoms with Crippen LogP contribution in [0.2, 0.25) is 0 Å². The van der Waals surface area contributed by atoms with Crippen molar-refractivity contribution in [1.29, 1.82) is 0 Å². The Morgan fingerprint density at radius 1 is 0.865 bits per heavy atom. The van der Waals surface area contributed by atoms with Gasteiger partial charge < -0.3 is 20.1 Å². The zero-order valence-corrected chi connectivity index (χ0v) is 19.9. The Bertz CT molecular complexity index is 1390. The summed E-state index contributed by atoms with van der Waals surface area (Å²) >= 11 is 0. The maximum absolute atomic E-state index is 13.3. The van der Waals surface area contributed by atoms with Gasteiger partial charge >= 0.3 is 6.09 Å². The number of cyclic esters (lactones) is 1. The fourth-order valence-electron chi connectivity index (χ4n) is 4.77. The first-order valence-electron chi connectivity index (χ1n) is 12.0. The van der Waals surface area contributed by atoms with Crippen LogP contribution in [0, 0.1) is 5.82 Å². The molecule has 1 amide bonds. The van der Waals surface area contributed by atoms with Crippen molar-refractivity contribution in [3.63, 3.8) is 0 Å². The molecular weight excluding hydrogens is 473 g/mol. The van der Waals surface area contributed by atoms with E-state index >= 15 is 0 Å². The molecule has 1 aliphatic heterocycles. The van der Waals surface area contributed by atoms with Gasteiger partial charge in [0.15, 0.2) is 0 Å². The Morgan fingerprint density at radius 2 is 1.59 bits per heavy atom. The number of benzene rings is 4. The van der Waals surface area contributed by atoms with Crippen molar-refractivity contribution in [2.24, 2.45) is 0 Å². The van der Waals surface area contributed by atoms with Gasteiger partial charge in [-0.1, -0.05) is 54.6 Å². The summed E-state index contributed by atoms with van der Waals surface area (Å²) in [5.41, 5.74) is 3.13. The topological polar surface area (TPSA) is 90.2 Å². The lowest BCUT2D eigenvalue weighted by molar-refractivity contribution is 0.100. The van der Waals surface area contributed by atoms with E-state index in [1.54, 1.807) is 42.5 Å². The summed E-state index contributed by atoms with van der Waals surface area (Å²) in [5, 5.41) is 31.6. The van der Waals surface area contributed by atoms with Gasteiger partial charge in [-0.25, -0.2) is 9.18 Å². The average molecular weight is 500 g/mol. The molecule has 0 aromatic heterocycles. The van der Waals surface area contributed by atoms with Gasteiger partial charge in [-0.05, 0) is 72.0 Å². The molecule has 0 aliphatic carbocycles. The minimum atomic E-state index is -0.868. The van der Waals surface area contributed by atoms with Crippen LogP contribution in [0.15, 0.2) is 97.1 Å². The second-order valence-electron chi connectivity index (χ2n) is 9.04. The van der Waals surface area contributed by atoms with Crippen molar-refractivity contribution in [2.45, 2.75) is 31.1 Å². The van der Waals surface area contributed by atoms with Crippen molar-refractivity contribution in [1.82, 2.24) is 0 Å². The van der Waals surface area contributed by atoms with Crippen LogP contribution in [0.1, 0.15) is 36.1 Å². The first kappa shape index (κ1) is 24.3. The second-order valence-corrected chi connectivity index (χ2v) is 9.04. The number of carbonyl (C=O) groups is 1. The van der Waals surface area contributed by atoms with Gasteiger partial charge in [0.1, 0.15) is 29.5 Å². The van der Waals surface area contributed by atoms with E-state index in [9.17, 15) is 24.5 Å². The van der Waals surface area contributed by atoms with Crippen molar-refractivity contribution in [3.05, 3.63) is 114 Å². The number of aliphatic hydroxyl groups excluding tert-OH is 1. The summed E-state index contributed by atoms with van der Waals surface area (Å²) in [6, 6.07) is 25.9. The fraction of sp³-hybridized carbons (Fsp3) is 0.167. The predicted octanol–water partition coefficient (Wildman–Crippen LogP) is 6.48. The number of phenols is 2. The molecule has 0 unspecified atom stereocenters. The number of aliphatic hydroxyl groups is 1. The largest absolute Gasteiger partial charge is 0.508 e. The van der Waals surface area contributed by atoms with Crippen LogP contribution in [0.25, 0.3) is 11.1 Å². The normalized spacial score (nSPS) is 18.0. The van der Waals surface area contributed by atoms with Gasteiger partial charge in [-0.2, -0.15) is 0 Å². The molecule has 0 spiro atoms. The van der Waals surface area contributed by atoms with Gasteiger partial charge in [-0.15, -0.1) is 0 Å². The van der Waals surface area contributed by atoms with Crippen LogP contribution in [0.3, 0.4) is 0 Å². The molecule has 7 heteroatoms. The summed E-state index contributed by atoms with van der Waals surface area (Å²) in [7, 11) is 0. The number of anilines is 1. The third-order valence-electron chi connectivity index (χ3n) is 6.62. The highest BCUT2D eigenvalue weighted by molar-refractivity contribution is 5.91. The molecule has 4 aromatic carbocycles. The quantitative estimate of drug-likeness (QED) is 0.271. The van der Waals surface area contributed by atoms with E-state index in [-0.39, 0.29) is 23.7 Å². The SMILES string of the molecule is O=C1O[C@H](CC[C@H](O)c2ccc(F)cc2)[C@@H](c2ccc(-c3cccc(O)c3)cc2O)N1c1ccccc1. The van der Waals surface area contributed by atoms with E-state index in [2.05, 4.69) is 0 Å². The van der Waals surface area contributed by atoms with Gasteiger partial charge in [0.25, 0.3) is 0 Å². The highest BCUT2D eigenvalue weighted by Gasteiger charge is 2.44. The van der Waals surface area contributed by atoms with E-state index in [4.69, 9.17) is 4.74 Å². The number of nitrogens with zero attached hydrogens (tertiary/aromatic N) is 1. The summed E-state index contributed by atoms with van der Waals surface area (Å²) < 4.78 is 19.0. The zero-order valence-electron chi connectivity index (χ0n) is 19.9. The highest BCUT2D eigenvalue weighted by Crippen LogP contribution is 2.43. The van der Waals surface area contributed by atoms with E-state index in [0.717, 1.165) is 5.56 Å². The number of ether oxygens (including phenoxy) is 1. The van der Waals surface area contributed by atoms with E-state index in [1.807, 2.05) is 30.3 Å².